The predicted octanol–water partition coefficient (Wildman–Crippen LogP) is 2.20. The number of halogens is 1. The molecule has 0 aliphatic rings. The Kier molecular flexibility index (Phi) is 6.01. The lowest BCUT2D eigenvalue weighted by Gasteiger charge is -2.22. The van der Waals surface area contributed by atoms with Crippen molar-refractivity contribution in [3.63, 3.8) is 0 Å². The van der Waals surface area contributed by atoms with Crippen molar-refractivity contribution >= 4 is 17.5 Å². The van der Waals surface area contributed by atoms with Crippen molar-refractivity contribution in [1.29, 1.82) is 0 Å². The lowest BCUT2D eigenvalue weighted by atomic mass is 10.1. The number of aliphatic hydroxyl groups excluding tert-OH is 1. The molecule has 0 fully saturated rings. The lowest BCUT2D eigenvalue weighted by Crippen LogP contribution is -2.34. The largest absolute Gasteiger partial charge is 0.497 e. The molecule has 0 radical (unpaired) electrons. The van der Waals surface area contributed by atoms with Gasteiger partial charge in [0, 0.05) is 29.9 Å². The number of benzene rings is 1. The van der Waals surface area contributed by atoms with Crippen molar-refractivity contribution in [2.75, 3.05) is 20.3 Å². The molecule has 1 aromatic heterocycles. The quantitative estimate of drug-likeness (QED) is 0.841. The second-order valence-corrected chi connectivity index (χ2v) is 5.40. The fourth-order valence-corrected chi connectivity index (χ4v) is 2.56. The van der Waals surface area contributed by atoms with Gasteiger partial charge in [-0.05, 0) is 31.2 Å². The first-order valence-corrected chi connectivity index (χ1v) is 7.72. The number of amides is 1. The molecular formula is C16H20ClN3O3. The minimum Gasteiger partial charge on any atom is -0.497 e. The maximum Gasteiger partial charge on any atom is 0.254 e. The third-order valence-corrected chi connectivity index (χ3v) is 3.69. The number of carbonyl (C=O) groups is 1. The van der Waals surface area contributed by atoms with Crippen molar-refractivity contribution in [2.45, 2.75) is 20.0 Å². The number of methoxy groups -OCH3 is 1. The Morgan fingerprint density at radius 1 is 1.43 bits per heavy atom. The van der Waals surface area contributed by atoms with Gasteiger partial charge < -0.3 is 14.7 Å². The van der Waals surface area contributed by atoms with Crippen molar-refractivity contribution < 1.29 is 14.6 Å². The van der Waals surface area contributed by atoms with Crippen molar-refractivity contribution in [3.8, 4) is 5.75 Å². The van der Waals surface area contributed by atoms with E-state index in [1.807, 2.05) is 17.7 Å². The highest BCUT2D eigenvalue weighted by Crippen LogP contribution is 2.22. The number of aryl methyl sites for hydroxylation is 1. The van der Waals surface area contributed by atoms with Crippen molar-refractivity contribution in [1.82, 2.24) is 14.7 Å². The van der Waals surface area contributed by atoms with Crippen LogP contribution in [0.1, 0.15) is 23.0 Å². The third kappa shape index (κ3) is 4.24. The maximum atomic E-state index is 12.8. The Bertz CT molecular complexity index is 672. The Morgan fingerprint density at radius 2 is 2.22 bits per heavy atom. The average Bonchev–Trinajstić information content (AvgIpc) is 3.00. The SMILES string of the molecule is CCn1nccc1CN(CCO)C(=O)c1cc(Cl)cc(OC)c1. The zero-order valence-electron chi connectivity index (χ0n) is 13.2. The Balaban J connectivity index is 2.26. The molecule has 0 saturated carbocycles. The van der Waals surface area contributed by atoms with Crippen LogP contribution >= 0.6 is 11.6 Å². The van der Waals surface area contributed by atoms with Crippen LogP contribution in [0, 0.1) is 0 Å². The van der Waals surface area contributed by atoms with Crippen molar-refractivity contribution in [2.24, 2.45) is 0 Å². The van der Waals surface area contributed by atoms with E-state index in [2.05, 4.69) is 5.10 Å². The summed E-state index contributed by atoms with van der Waals surface area (Å²) in [6.45, 7) is 3.17. The molecule has 1 heterocycles. The molecule has 0 atom stereocenters. The van der Waals surface area contributed by atoms with E-state index in [-0.39, 0.29) is 19.1 Å². The van der Waals surface area contributed by atoms with Crippen LogP contribution in [0.3, 0.4) is 0 Å². The van der Waals surface area contributed by atoms with Crippen LogP contribution in [0.4, 0.5) is 0 Å². The van der Waals surface area contributed by atoms with Crippen LogP contribution in [0.2, 0.25) is 5.02 Å². The first-order valence-electron chi connectivity index (χ1n) is 7.34. The number of rotatable bonds is 7. The van der Waals surface area contributed by atoms with E-state index in [1.54, 1.807) is 29.3 Å². The molecule has 1 N–H and O–H groups in total. The smallest absolute Gasteiger partial charge is 0.254 e. The van der Waals surface area contributed by atoms with E-state index in [9.17, 15) is 9.90 Å². The van der Waals surface area contributed by atoms with Gasteiger partial charge in [-0.25, -0.2) is 0 Å². The number of carbonyl (C=O) groups excluding carboxylic acids is 1. The summed E-state index contributed by atoms with van der Waals surface area (Å²) in [5, 5.41) is 13.9. The van der Waals surface area contributed by atoms with Gasteiger partial charge in [-0.3, -0.25) is 9.48 Å². The van der Waals surface area contributed by atoms with Crippen LogP contribution < -0.4 is 4.74 Å². The molecule has 1 aromatic carbocycles. The molecule has 0 aliphatic carbocycles. The summed E-state index contributed by atoms with van der Waals surface area (Å²) in [4.78, 5) is 14.3. The number of ether oxygens (including phenoxy) is 1. The van der Waals surface area contributed by atoms with E-state index in [1.165, 1.54) is 7.11 Å². The number of hydrogen-bond acceptors (Lipinski definition) is 4. The minimum atomic E-state index is -0.219. The minimum absolute atomic E-state index is 0.121. The van der Waals surface area contributed by atoms with Crippen LogP contribution in [-0.2, 0) is 13.1 Å². The molecular weight excluding hydrogens is 318 g/mol. The summed E-state index contributed by atoms with van der Waals surface area (Å²) in [7, 11) is 1.52. The highest BCUT2D eigenvalue weighted by molar-refractivity contribution is 6.31. The molecule has 0 bridgehead atoms. The Morgan fingerprint density at radius 3 is 2.87 bits per heavy atom. The molecule has 1 amide bonds. The van der Waals surface area contributed by atoms with Gasteiger partial charge in [0.15, 0.2) is 0 Å². The molecule has 2 aromatic rings. The number of aromatic nitrogens is 2. The van der Waals surface area contributed by atoms with Gasteiger partial charge in [-0.1, -0.05) is 11.6 Å². The van der Waals surface area contributed by atoms with Crippen LogP contribution in [0.15, 0.2) is 30.5 Å². The van der Waals surface area contributed by atoms with E-state index in [0.717, 1.165) is 5.69 Å². The van der Waals surface area contributed by atoms with Crippen LogP contribution in [0.5, 0.6) is 5.75 Å². The average molecular weight is 338 g/mol. The van der Waals surface area contributed by atoms with E-state index in [4.69, 9.17) is 16.3 Å². The standard InChI is InChI=1S/C16H20ClN3O3/c1-3-20-14(4-5-18-20)11-19(6-7-21)16(22)12-8-13(17)10-15(9-12)23-2/h4-5,8-10,21H,3,6-7,11H2,1-2H3. The van der Waals surface area contributed by atoms with Gasteiger partial charge in [0.05, 0.1) is 26.0 Å². The highest BCUT2D eigenvalue weighted by Gasteiger charge is 2.18. The van der Waals surface area contributed by atoms with E-state index < -0.39 is 0 Å². The first kappa shape index (κ1) is 17.3. The predicted molar refractivity (Wildman–Crippen MR) is 87.7 cm³/mol. The lowest BCUT2D eigenvalue weighted by molar-refractivity contribution is 0.0702. The number of nitrogens with zero attached hydrogens (tertiary/aromatic N) is 3. The molecule has 0 unspecified atom stereocenters. The summed E-state index contributed by atoms with van der Waals surface area (Å²) in [6, 6.07) is 6.73. The van der Waals surface area contributed by atoms with Gasteiger partial charge in [0.1, 0.15) is 5.75 Å². The summed E-state index contributed by atoms with van der Waals surface area (Å²) in [5.41, 5.74) is 1.33. The Hall–Kier alpha value is -2.05. The van der Waals surface area contributed by atoms with Crippen LogP contribution in [0.25, 0.3) is 0 Å². The zero-order chi connectivity index (χ0) is 16.8. The summed E-state index contributed by atoms with van der Waals surface area (Å²) in [6.07, 6.45) is 1.70. The topological polar surface area (TPSA) is 67.6 Å². The normalized spacial score (nSPS) is 10.6. The van der Waals surface area contributed by atoms with E-state index in [0.29, 0.717) is 29.4 Å². The number of aliphatic hydroxyl groups is 1. The van der Waals surface area contributed by atoms with Gasteiger partial charge in [0.25, 0.3) is 5.91 Å². The molecule has 0 saturated heterocycles. The molecule has 0 spiro atoms. The number of hydrogen-bond donors (Lipinski definition) is 1. The van der Waals surface area contributed by atoms with Gasteiger partial charge in [-0.15, -0.1) is 0 Å². The summed E-state index contributed by atoms with van der Waals surface area (Å²) < 4.78 is 6.96. The van der Waals surface area contributed by atoms with Crippen molar-refractivity contribution in [3.05, 3.63) is 46.7 Å². The Labute approximate surface area is 140 Å². The second-order valence-electron chi connectivity index (χ2n) is 4.97. The molecule has 7 heteroatoms. The zero-order valence-corrected chi connectivity index (χ0v) is 14.0. The van der Waals surface area contributed by atoms with Crippen LogP contribution in [-0.4, -0.2) is 46.0 Å². The fourth-order valence-electron chi connectivity index (χ4n) is 2.33. The molecule has 2 rings (SSSR count). The molecule has 124 valence electrons. The van der Waals surface area contributed by atoms with Gasteiger partial charge in [0.2, 0.25) is 0 Å². The van der Waals surface area contributed by atoms with Gasteiger partial charge in [-0.2, -0.15) is 5.10 Å². The maximum absolute atomic E-state index is 12.8. The summed E-state index contributed by atoms with van der Waals surface area (Å²) in [5.74, 6) is 0.298. The van der Waals surface area contributed by atoms with E-state index >= 15 is 0 Å². The molecule has 6 nitrogen and oxygen atoms in total. The summed E-state index contributed by atoms with van der Waals surface area (Å²) >= 11 is 6.03. The van der Waals surface area contributed by atoms with Gasteiger partial charge >= 0.3 is 0 Å². The second kappa shape index (κ2) is 7.99. The molecule has 0 aliphatic heterocycles. The monoisotopic (exact) mass is 337 g/mol. The third-order valence-electron chi connectivity index (χ3n) is 3.47. The highest BCUT2D eigenvalue weighted by atomic mass is 35.5. The fraction of sp³-hybridized carbons (Fsp3) is 0.375. The molecule has 23 heavy (non-hydrogen) atoms. The first-order chi connectivity index (χ1) is 11.1.